The van der Waals surface area contributed by atoms with E-state index in [2.05, 4.69) is 42.2 Å². The number of halogens is 4. The van der Waals surface area contributed by atoms with E-state index in [-0.39, 0.29) is 120 Å². The minimum Gasteiger partial charge on any atom is -0.457 e. The molecular weight excluding hydrogens is 1200 g/mol. The summed E-state index contributed by atoms with van der Waals surface area (Å²) >= 11 is 5.64. The summed E-state index contributed by atoms with van der Waals surface area (Å²) in [6.45, 7) is 3.94. The molecule has 1 aliphatic heterocycles. The number of Topliss-reactive ketones (excluding diaryl/α,β-unsaturated/α-hetero) is 1. The molecule has 3 aromatic carbocycles. The fraction of sp³-hybridized carbons (Fsp3) is 0.379. The summed E-state index contributed by atoms with van der Waals surface area (Å²) in [5, 5.41) is 17.0. The first kappa shape index (κ1) is 70.2. The molecule has 5 rings (SSSR count). The number of hydrogen-bond acceptors (Lipinski definition) is 17. The number of carbonyl (C=O) groups excluding carboxylic acids is 11. The highest BCUT2D eigenvalue weighted by Crippen LogP contribution is 2.36. The van der Waals surface area contributed by atoms with Gasteiger partial charge in [-0.25, -0.2) is 9.59 Å². The number of imide groups is 1. The molecule has 0 unspecified atom stereocenters. The number of primary amides is 1. The van der Waals surface area contributed by atoms with E-state index in [9.17, 15) is 65.9 Å². The van der Waals surface area contributed by atoms with Gasteiger partial charge in [0.15, 0.2) is 5.78 Å². The van der Waals surface area contributed by atoms with Gasteiger partial charge in [0.2, 0.25) is 29.5 Å². The molecule has 0 saturated heterocycles. The Bertz CT molecular complexity index is 3180. The summed E-state index contributed by atoms with van der Waals surface area (Å²) in [7, 11) is 1.46. The number of urea groups is 1. The predicted octanol–water partition coefficient (Wildman–Crippen LogP) is 3.54. The Morgan fingerprint density at radius 2 is 1.29 bits per heavy atom. The molecule has 0 aliphatic carbocycles. The lowest BCUT2D eigenvalue weighted by Gasteiger charge is -2.21. The summed E-state index contributed by atoms with van der Waals surface area (Å²) in [4.78, 5) is 143. The second-order valence-corrected chi connectivity index (χ2v) is 20.0. The number of pyridine rings is 1. The SMILES string of the molecule is C[C@@H](NC(=O)CCOCCOCCOCCNC(=O)CCN1C(=O)C=CC1=O)C(=O)N[C@H](C)C(=O)N[C@H](CC(N)=O)C(=O)Cc1ccc(COC(=O)N(C)CCNC(=O)c2cc(Oc3ccc(NC(=O)Nc4ccc(Cl)c(C(F)(F)F)c4)cc3)ccn2)cc1. The third-order valence-electron chi connectivity index (χ3n) is 12.5. The number of nitrogens with one attached hydrogen (secondary N) is 7. The molecular formula is C58H67ClF3N11O16. The van der Waals surface area contributed by atoms with Gasteiger partial charge in [-0.1, -0.05) is 35.9 Å². The predicted molar refractivity (Wildman–Crippen MR) is 312 cm³/mol. The van der Waals surface area contributed by atoms with E-state index in [1.807, 2.05) is 0 Å². The van der Waals surface area contributed by atoms with Crippen LogP contribution in [-0.4, -0.2) is 171 Å². The van der Waals surface area contributed by atoms with Crippen LogP contribution in [0.25, 0.3) is 0 Å². The van der Waals surface area contributed by atoms with Crippen LogP contribution < -0.4 is 47.7 Å². The molecule has 0 fully saturated rings. The van der Waals surface area contributed by atoms with Gasteiger partial charge < -0.3 is 71.5 Å². The zero-order chi connectivity index (χ0) is 65.0. The molecule has 1 aromatic heterocycles. The minimum atomic E-state index is -4.72. The molecule has 2 heterocycles. The number of alkyl halides is 3. The van der Waals surface area contributed by atoms with E-state index in [4.69, 9.17) is 41.0 Å². The fourth-order valence-electron chi connectivity index (χ4n) is 7.76. The van der Waals surface area contributed by atoms with Gasteiger partial charge in [0.25, 0.3) is 17.7 Å². The number of anilines is 2. The first-order valence-corrected chi connectivity index (χ1v) is 27.9. The Kier molecular flexibility index (Phi) is 27.9. The Morgan fingerprint density at radius 1 is 0.685 bits per heavy atom. The molecule has 27 nitrogen and oxygen atoms in total. The quantitative estimate of drug-likeness (QED) is 0.0241. The lowest BCUT2D eigenvalue weighted by atomic mass is 10.00. The molecule has 4 aromatic rings. The average molecular weight is 1270 g/mol. The zero-order valence-corrected chi connectivity index (χ0v) is 49.3. The van der Waals surface area contributed by atoms with Crippen LogP contribution in [0, 0.1) is 0 Å². The number of aromatic nitrogens is 1. The minimum absolute atomic E-state index is 0.00312. The van der Waals surface area contributed by atoms with Crippen molar-refractivity contribution in [2.24, 2.45) is 5.73 Å². The fourth-order valence-corrected chi connectivity index (χ4v) is 7.98. The molecule has 89 heavy (non-hydrogen) atoms. The molecule has 3 atom stereocenters. The van der Waals surface area contributed by atoms with E-state index in [1.54, 1.807) is 24.3 Å². The lowest BCUT2D eigenvalue weighted by molar-refractivity contribution is -0.138. The van der Waals surface area contributed by atoms with Gasteiger partial charge in [-0.3, -0.25) is 53.0 Å². The number of ketones is 1. The number of ether oxygens (including phenoxy) is 5. The van der Waals surface area contributed by atoms with E-state index < -0.39 is 101 Å². The average Bonchev–Trinajstić information content (AvgIpc) is 2.82. The van der Waals surface area contributed by atoms with Gasteiger partial charge in [-0.2, -0.15) is 13.2 Å². The summed E-state index contributed by atoms with van der Waals surface area (Å²) in [6.07, 6.45) is -2.67. The number of nitrogens with zero attached hydrogens (tertiary/aromatic N) is 3. The number of amides is 11. The second-order valence-electron chi connectivity index (χ2n) is 19.6. The highest BCUT2D eigenvalue weighted by Gasteiger charge is 2.34. The Balaban J connectivity index is 0.918. The molecule has 11 amide bonds. The van der Waals surface area contributed by atoms with Crippen molar-refractivity contribution in [1.82, 2.24) is 41.4 Å². The Morgan fingerprint density at radius 3 is 1.96 bits per heavy atom. The third kappa shape index (κ3) is 25.0. The van der Waals surface area contributed by atoms with Crippen LogP contribution in [0.15, 0.2) is 97.2 Å². The van der Waals surface area contributed by atoms with E-state index in [1.165, 1.54) is 74.5 Å². The molecule has 0 radical (unpaired) electrons. The van der Waals surface area contributed by atoms with Crippen molar-refractivity contribution in [3.63, 3.8) is 0 Å². The number of hydrogen-bond donors (Lipinski definition) is 8. The van der Waals surface area contributed by atoms with Crippen molar-refractivity contribution in [1.29, 1.82) is 0 Å². The molecule has 0 saturated carbocycles. The monoisotopic (exact) mass is 1270 g/mol. The Labute approximate surface area is 513 Å². The van der Waals surface area contributed by atoms with Crippen LogP contribution in [0.2, 0.25) is 5.02 Å². The molecule has 1 aliphatic rings. The van der Waals surface area contributed by atoms with Crippen molar-refractivity contribution < 1.29 is 89.6 Å². The summed E-state index contributed by atoms with van der Waals surface area (Å²) in [6, 6.07) is 13.8. The number of nitrogens with two attached hydrogens (primary N) is 1. The van der Waals surface area contributed by atoms with Gasteiger partial charge >= 0.3 is 18.3 Å². The summed E-state index contributed by atoms with van der Waals surface area (Å²) in [5.41, 5.74) is 5.50. The van der Waals surface area contributed by atoms with Crippen molar-refractivity contribution >= 4 is 88.1 Å². The summed E-state index contributed by atoms with van der Waals surface area (Å²) in [5.74, 6) is -4.73. The first-order valence-electron chi connectivity index (χ1n) is 27.5. The lowest BCUT2D eigenvalue weighted by Crippen LogP contribution is -2.54. The van der Waals surface area contributed by atoms with Crippen LogP contribution in [0.5, 0.6) is 11.5 Å². The molecule has 0 bridgehead atoms. The van der Waals surface area contributed by atoms with Gasteiger partial charge in [0, 0.05) is 88.3 Å². The van der Waals surface area contributed by atoms with Gasteiger partial charge in [-0.05, 0) is 73.5 Å². The van der Waals surface area contributed by atoms with E-state index in [0.29, 0.717) is 22.9 Å². The van der Waals surface area contributed by atoms with Crippen LogP contribution in [0.1, 0.15) is 60.3 Å². The number of benzene rings is 3. The maximum Gasteiger partial charge on any atom is 0.417 e. The maximum absolute atomic E-state index is 13.4. The maximum atomic E-state index is 13.4. The molecule has 31 heteroatoms. The van der Waals surface area contributed by atoms with Gasteiger partial charge in [-0.15, -0.1) is 0 Å². The number of carbonyl (C=O) groups is 11. The van der Waals surface area contributed by atoms with Gasteiger partial charge in [0.05, 0.1) is 62.7 Å². The topological polar surface area (TPSA) is 364 Å². The first-order chi connectivity index (χ1) is 42.3. The van der Waals surface area contributed by atoms with Crippen molar-refractivity contribution in [2.75, 3.05) is 83.5 Å². The standard InChI is InChI=1S/C58H67ClF3N11O16/c1-35(67-50(77)18-24-85-26-28-87-29-27-86-25-21-65-49(76)17-22-73-51(78)14-15-52(73)79)53(80)68-36(2)54(81)71-45(33-48(63)75)47(74)30-37-4-6-38(7-5-37)34-88-57(84)72(3)23-20-66-55(82)46-32-42(16-19-64-46)89-41-11-8-39(9-12-41)69-56(83)70-40-10-13-44(59)43(31-40)58(60,61)62/h4-16,19,31-32,35-36,45H,17-18,20-30,33-34H2,1-3H3,(H2,63,75)(H,65,76)(H,66,82)(H,67,77)(H,68,80)(H,71,81)(H2,69,70,83)/t35-,36-,45-/m1/s1. The van der Waals surface area contributed by atoms with Crippen LogP contribution in [-0.2, 0) is 76.5 Å². The highest BCUT2D eigenvalue weighted by atomic mass is 35.5. The van der Waals surface area contributed by atoms with Crippen LogP contribution in [0.3, 0.4) is 0 Å². The molecule has 478 valence electrons. The van der Waals surface area contributed by atoms with Crippen LogP contribution in [0.4, 0.5) is 34.1 Å². The highest BCUT2D eigenvalue weighted by molar-refractivity contribution is 6.31. The van der Waals surface area contributed by atoms with E-state index in [0.717, 1.165) is 23.1 Å². The van der Waals surface area contributed by atoms with Crippen molar-refractivity contribution in [3.05, 3.63) is 125 Å². The summed E-state index contributed by atoms with van der Waals surface area (Å²) < 4.78 is 67.1. The van der Waals surface area contributed by atoms with Crippen LogP contribution >= 0.6 is 11.6 Å². The largest absolute Gasteiger partial charge is 0.457 e. The third-order valence-corrected chi connectivity index (χ3v) is 12.9. The Hall–Kier alpha value is -9.52. The number of likely N-dealkylation sites (N-methyl/N-ethyl adjacent to an activating group) is 1. The van der Waals surface area contributed by atoms with Gasteiger partial charge in [0.1, 0.15) is 35.9 Å². The number of rotatable bonds is 35. The smallest absolute Gasteiger partial charge is 0.417 e. The van der Waals surface area contributed by atoms with E-state index >= 15 is 0 Å². The van der Waals surface area contributed by atoms with Crippen molar-refractivity contribution in [3.8, 4) is 11.5 Å². The zero-order valence-electron chi connectivity index (χ0n) is 48.5. The normalized spacial score (nSPS) is 12.9. The second kappa shape index (κ2) is 35.3. The molecule has 0 spiro atoms. The molecule has 9 N–H and O–H groups in total. The van der Waals surface area contributed by atoms with Crippen molar-refractivity contribution in [2.45, 2.75) is 70.4 Å².